The summed E-state index contributed by atoms with van der Waals surface area (Å²) >= 11 is 6.14. The highest BCUT2D eigenvalue weighted by molar-refractivity contribution is 6.35. The van der Waals surface area contributed by atoms with Crippen LogP contribution in [0, 0.1) is 0 Å². The number of halogens is 1. The van der Waals surface area contributed by atoms with Gasteiger partial charge in [-0.1, -0.05) is 11.6 Å². The van der Waals surface area contributed by atoms with Crippen LogP contribution in [0.15, 0.2) is 22.8 Å². The Bertz CT molecular complexity index is 923. The minimum atomic E-state index is -1.01. The third kappa shape index (κ3) is 4.85. The number of hydrogen-bond donors (Lipinski definition) is 2. The molecule has 1 aliphatic rings. The lowest BCUT2D eigenvalue weighted by atomic mass is 9.85. The van der Waals surface area contributed by atoms with Gasteiger partial charge in [-0.3, -0.25) is 4.79 Å². The second-order valence-electron chi connectivity index (χ2n) is 8.60. The molecule has 1 aliphatic heterocycles. The Morgan fingerprint density at radius 2 is 2.00 bits per heavy atom. The summed E-state index contributed by atoms with van der Waals surface area (Å²) in [5.41, 5.74) is 5.51. The van der Waals surface area contributed by atoms with E-state index in [2.05, 4.69) is 0 Å². The molecule has 0 atom stereocenters. The Morgan fingerprint density at radius 1 is 1.34 bits per heavy atom. The van der Waals surface area contributed by atoms with Crippen LogP contribution >= 0.6 is 11.6 Å². The Hall–Kier alpha value is -2.25. The van der Waals surface area contributed by atoms with Crippen molar-refractivity contribution in [2.45, 2.75) is 57.7 Å². The van der Waals surface area contributed by atoms with Crippen LogP contribution in [0.25, 0.3) is 11.0 Å². The lowest BCUT2D eigenvalue weighted by Crippen LogP contribution is -2.48. The molecule has 1 amide bonds. The van der Waals surface area contributed by atoms with Gasteiger partial charge in [0.1, 0.15) is 11.2 Å². The number of piperidine rings is 1. The number of rotatable bonds is 4. The average molecular weight is 423 g/mol. The minimum Gasteiger partial charge on any atom is -0.463 e. The monoisotopic (exact) mass is 422 g/mol. The number of furan rings is 1. The van der Waals surface area contributed by atoms with Gasteiger partial charge in [0.2, 0.25) is 0 Å². The Balaban J connectivity index is 1.61. The molecule has 2 aromatic rings. The van der Waals surface area contributed by atoms with Crippen LogP contribution in [0.5, 0.6) is 0 Å². The molecular formula is C21H27ClN2O5. The molecule has 0 bridgehead atoms. The van der Waals surface area contributed by atoms with Gasteiger partial charge in [0, 0.05) is 24.9 Å². The maximum Gasteiger partial charge on any atom is 0.410 e. The second-order valence-corrected chi connectivity index (χ2v) is 9.01. The molecule has 1 saturated heterocycles. The highest BCUT2D eigenvalue weighted by atomic mass is 35.5. The van der Waals surface area contributed by atoms with E-state index in [-0.39, 0.29) is 24.7 Å². The molecule has 0 spiro atoms. The van der Waals surface area contributed by atoms with Crippen LogP contribution in [0.2, 0.25) is 5.02 Å². The maximum absolute atomic E-state index is 12.8. The first-order valence-corrected chi connectivity index (χ1v) is 10.1. The number of benzene rings is 1. The van der Waals surface area contributed by atoms with E-state index in [1.165, 1.54) is 12.3 Å². The molecule has 0 saturated carbocycles. The number of nitrogens with zero attached hydrogens (tertiary/aromatic N) is 1. The van der Waals surface area contributed by atoms with Crippen molar-refractivity contribution in [2.75, 3.05) is 18.8 Å². The summed E-state index contributed by atoms with van der Waals surface area (Å²) in [4.78, 5) is 26.5. The number of fused-ring (bicyclic) bond motifs is 1. The zero-order valence-corrected chi connectivity index (χ0v) is 17.7. The van der Waals surface area contributed by atoms with Gasteiger partial charge in [0.15, 0.2) is 5.78 Å². The van der Waals surface area contributed by atoms with Gasteiger partial charge in [0.05, 0.1) is 28.1 Å². The number of aliphatic hydroxyl groups is 1. The number of amides is 1. The third-order valence-corrected chi connectivity index (χ3v) is 5.50. The number of likely N-dealkylation sites (tertiary alicyclic amines) is 1. The summed E-state index contributed by atoms with van der Waals surface area (Å²) in [5.74, 6) is -0.171. The topological polar surface area (TPSA) is 106 Å². The molecular weight excluding hydrogens is 396 g/mol. The largest absolute Gasteiger partial charge is 0.463 e. The Labute approximate surface area is 174 Å². The molecule has 1 fully saturated rings. The zero-order chi connectivity index (χ0) is 21.4. The van der Waals surface area contributed by atoms with E-state index in [4.69, 9.17) is 26.5 Å². The van der Waals surface area contributed by atoms with Crippen LogP contribution in [-0.2, 0) is 4.74 Å². The van der Waals surface area contributed by atoms with Crippen LogP contribution in [0.3, 0.4) is 0 Å². The Kier molecular flexibility index (Phi) is 5.83. The zero-order valence-electron chi connectivity index (χ0n) is 17.0. The van der Waals surface area contributed by atoms with Crippen molar-refractivity contribution in [3.63, 3.8) is 0 Å². The number of ether oxygens (including phenoxy) is 1. The number of anilines is 1. The van der Waals surface area contributed by atoms with E-state index in [1.54, 1.807) is 11.0 Å². The number of hydrogen-bond acceptors (Lipinski definition) is 6. The predicted molar refractivity (Wildman–Crippen MR) is 111 cm³/mol. The molecule has 3 rings (SSSR count). The van der Waals surface area contributed by atoms with Crippen LogP contribution in [-0.4, -0.2) is 46.2 Å². The number of carbonyl (C=O) groups excluding carboxylic acids is 2. The molecule has 1 aromatic carbocycles. The van der Waals surface area contributed by atoms with Gasteiger partial charge in [0.25, 0.3) is 0 Å². The molecule has 8 heteroatoms. The van der Waals surface area contributed by atoms with Gasteiger partial charge >= 0.3 is 6.09 Å². The summed E-state index contributed by atoms with van der Waals surface area (Å²) in [7, 11) is 0. The van der Waals surface area contributed by atoms with Crippen molar-refractivity contribution in [2.24, 2.45) is 0 Å². The van der Waals surface area contributed by atoms with E-state index >= 15 is 0 Å². The molecule has 7 nitrogen and oxygen atoms in total. The SMILES string of the molecule is CC(C)(C)OC(=O)N1CCC(O)(CCC(=O)c2cc(Cl)c(N)c3ccoc23)CC1. The van der Waals surface area contributed by atoms with Crippen molar-refractivity contribution in [3.8, 4) is 0 Å². The summed E-state index contributed by atoms with van der Waals surface area (Å²) < 4.78 is 10.8. The molecule has 158 valence electrons. The van der Waals surface area contributed by atoms with Crippen LogP contribution in [0.4, 0.5) is 10.5 Å². The van der Waals surface area contributed by atoms with Gasteiger partial charge in [-0.25, -0.2) is 4.79 Å². The van der Waals surface area contributed by atoms with Crippen molar-refractivity contribution in [1.82, 2.24) is 4.90 Å². The fourth-order valence-electron chi connectivity index (χ4n) is 3.50. The first kappa shape index (κ1) is 21.5. The van der Waals surface area contributed by atoms with E-state index in [1.807, 2.05) is 20.8 Å². The first-order chi connectivity index (χ1) is 13.5. The smallest absolute Gasteiger partial charge is 0.410 e. The van der Waals surface area contributed by atoms with Crippen molar-refractivity contribution in [1.29, 1.82) is 0 Å². The molecule has 3 N–H and O–H groups in total. The number of ketones is 1. The van der Waals surface area contributed by atoms with Crippen LogP contribution < -0.4 is 5.73 Å². The summed E-state index contributed by atoms with van der Waals surface area (Å²) in [5, 5.41) is 11.8. The van der Waals surface area contributed by atoms with E-state index in [0.717, 1.165) is 0 Å². The van der Waals surface area contributed by atoms with Crippen molar-refractivity contribution < 1.29 is 23.8 Å². The molecule has 0 radical (unpaired) electrons. The summed E-state index contributed by atoms with van der Waals surface area (Å²) in [6.07, 6.45) is 2.29. The summed E-state index contributed by atoms with van der Waals surface area (Å²) in [6, 6.07) is 3.19. The van der Waals surface area contributed by atoms with Gasteiger partial charge in [-0.15, -0.1) is 0 Å². The predicted octanol–water partition coefficient (Wildman–Crippen LogP) is 4.39. The molecule has 29 heavy (non-hydrogen) atoms. The van der Waals surface area contributed by atoms with Gasteiger partial charge in [-0.2, -0.15) is 0 Å². The standard InChI is InChI=1S/C21H27ClN2O5/c1-20(2,3)29-19(26)24-9-7-21(27,8-10-24)6-4-16(25)14-12-15(22)17(23)13-5-11-28-18(13)14/h5,11-12,27H,4,6-10,23H2,1-3H3. The lowest BCUT2D eigenvalue weighted by Gasteiger charge is -2.38. The first-order valence-electron chi connectivity index (χ1n) is 9.68. The van der Waals surface area contributed by atoms with Crippen molar-refractivity contribution >= 4 is 40.1 Å². The van der Waals surface area contributed by atoms with Gasteiger partial charge < -0.3 is 24.9 Å². The fourth-order valence-corrected chi connectivity index (χ4v) is 3.71. The number of Topliss-reactive ketones (excluding diaryl/α,β-unsaturated/α-hetero) is 1. The lowest BCUT2D eigenvalue weighted by molar-refractivity contribution is -0.0367. The molecule has 1 aromatic heterocycles. The fraction of sp³-hybridized carbons (Fsp3) is 0.524. The number of nitrogens with two attached hydrogens (primary N) is 1. The number of carbonyl (C=O) groups is 2. The van der Waals surface area contributed by atoms with E-state index in [0.29, 0.717) is 53.2 Å². The second kappa shape index (κ2) is 7.88. The third-order valence-electron chi connectivity index (χ3n) is 5.19. The van der Waals surface area contributed by atoms with Crippen LogP contribution in [0.1, 0.15) is 56.8 Å². The van der Waals surface area contributed by atoms with E-state index in [9.17, 15) is 14.7 Å². The maximum atomic E-state index is 12.8. The quantitative estimate of drug-likeness (QED) is 0.559. The van der Waals surface area contributed by atoms with Crippen molar-refractivity contribution in [3.05, 3.63) is 29.0 Å². The highest BCUT2D eigenvalue weighted by Crippen LogP contribution is 2.34. The molecule has 2 heterocycles. The van der Waals surface area contributed by atoms with E-state index < -0.39 is 11.2 Å². The normalized spacial score (nSPS) is 16.8. The molecule has 0 unspecified atom stereocenters. The highest BCUT2D eigenvalue weighted by Gasteiger charge is 2.35. The Morgan fingerprint density at radius 3 is 2.62 bits per heavy atom. The summed E-state index contributed by atoms with van der Waals surface area (Å²) in [6.45, 7) is 6.22. The van der Waals surface area contributed by atoms with Gasteiger partial charge in [-0.05, 0) is 52.2 Å². The minimum absolute atomic E-state index is 0.138. The molecule has 0 aliphatic carbocycles. The number of nitrogen functional groups attached to an aromatic ring is 1. The average Bonchev–Trinajstić information content (AvgIpc) is 3.12.